The maximum Gasteiger partial charge on any atom is 0.406 e. The first-order valence-electron chi connectivity index (χ1n) is 8.65. The average molecular weight is 347 g/mol. The monoisotopic (exact) mass is 347 g/mol. The molecule has 3 aliphatic rings. The van der Waals surface area contributed by atoms with Gasteiger partial charge in [-0.3, -0.25) is 9.59 Å². The third-order valence-electron chi connectivity index (χ3n) is 5.23. The summed E-state index contributed by atoms with van der Waals surface area (Å²) in [5.41, 5.74) is 0. The maximum absolute atomic E-state index is 12.5. The topological polar surface area (TPSA) is 52.7 Å². The van der Waals surface area contributed by atoms with Gasteiger partial charge in [0.15, 0.2) is 0 Å². The second-order valence-corrected chi connectivity index (χ2v) is 7.31. The molecule has 2 aliphatic heterocycles. The van der Waals surface area contributed by atoms with E-state index in [0.717, 1.165) is 24.2 Å². The van der Waals surface area contributed by atoms with Crippen molar-refractivity contribution in [2.24, 2.45) is 11.8 Å². The Morgan fingerprint density at radius 2 is 1.92 bits per heavy atom. The Kier molecular flexibility index (Phi) is 4.77. The minimum atomic E-state index is -4.35. The summed E-state index contributed by atoms with van der Waals surface area (Å²) in [4.78, 5) is 27.0. The van der Waals surface area contributed by atoms with Crippen LogP contribution >= 0.6 is 0 Å². The van der Waals surface area contributed by atoms with E-state index in [9.17, 15) is 22.8 Å². The van der Waals surface area contributed by atoms with Crippen LogP contribution in [-0.4, -0.2) is 66.1 Å². The lowest BCUT2D eigenvalue weighted by Gasteiger charge is -2.38. The van der Waals surface area contributed by atoms with E-state index >= 15 is 0 Å². The Bertz CT molecular complexity index is 507. The van der Waals surface area contributed by atoms with Crippen molar-refractivity contribution in [2.45, 2.75) is 50.9 Å². The number of hydrogen-bond acceptors (Lipinski definition) is 3. The van der Waals surface area contributed by atoms with Gasteiger partial charge in [-0.2, -0.15) is 13.2 Å². The number of likely N-dealkylation sites (tertiary alicyclic amines) is 2. The predicted molar refractivity (Wildman–Crippen MR) is 81.0 cm³/mol. The molecule has 2 saturated heterocycles. The molecule has 136 valence electrons. The van der Waals surface area contributed by atoms with Crippen LogP contribution in [0, 0.1) is 11.8 Å². The molecule has 3 atom stereocenters. The van der Waals surface area contributed by atoms with Gasteiger partial charge in [-0.25, -0.2) is 0 Å². The molecular weight excluding hydrogens is 323 g/mol. The van der Waals surface area contributed by atoms with Gasteiger partial charge in [0.1, 0.15) is 6.54 Å². The molecule has 5 nitrogen and oxygen atoms in total. The molecule has 0 radical (unpaired) electrons. The average Bonchev–Trinajstić information content (AvgIpc) is 3.29. The molecule has 0 aromatic rings. The first-order chi connectivity index (χ1) is 11.2. The van der Waals surface area contributed by atoms with Crippen molar-refractivity contribution in [2.75, 3.05) is 26.2 Å². The first-order valence-corrected chi connectivity index (χ1v) is 8.65. The number of halogens is 3. The molecule has 0 aromatic heterocycles. The van der Waals surface area contributed by atoms with Crippen LogP contribution in [0.15, 0.2) is 0 Å². The van der Waals surface area contributed by atoms with Crippen LogP contribution in [0.4, 0.5) is 13.2 Å². The highest BCUT2D eigenvalue weighted by molar-refractivity contribution is 5.84. The van der Waals surface area contributed by atoms with E-state index in [1.165, 1.54) is 0 Å². The summed E-state index contributed by atoms with van der Waals surface area (Å²) in [5, 5.41) is 3.24. The Labute approximate surface area is 139 Å². The summed E-state index contributed by atoms with van der Waals surface area (Å²) < 4.78 is 37.4. The molecule has 2 amide bonds. The smallest absolute Gasteiger partial charge is 0.342 e. The molecule has 24 heavy (non-hydrogen) atoms. The fourth-order valence-corrected chi connectivity index (χ4v) is 3.71. The molecule has 2 heterocycles. The molecule has 1 aliphatic carbocycles. The number of nitrogens with zero attached hydrogens (tertiary/aromatic N) is 2. The van der Waals surface area contributed by atoms with Crippen LogP contribution in [0.3, 0.4) is 0 Å². The van der Waals surface area contributed by atoms with E-state index in [1.54, 1.807) is 0 Å². The fourth-order valence-electron chi connectivity index (χ4n) is 3.71. The van der Waals surface area contributed by atoms with Crippen molar-refractivity contribution in [3.63, 3.8) is 0 Å². The van der Waals surface area contributed by atoms with Gasteiger partial charge in [0.25, 0.3) is 0 Å². The number of alkyl halides is 3. The summed E-state index contributed by atoms with van der Waals surface area (Å²) in [6.07, 6.45) is -1.24. The van der Waals surface area contributed by atoms with Crippen LogP contribution in [-0.2, 0) is 9.59 Å². The number of amides is 2. The van der Waals surface area contributed by atoms with E-state index in [2.05, 4.69) is 5.32 Å². The zero-order valence-electron chi connectivity index (χ0n) is 13.8. The van der Waals surface area contributed by atoms with E-state index in [0.29, 0.717) is 19.5 Å². The van der Waals surface area contributed by atoms with Crippen LogP contribution in [0.2, 0.25) is 0 Å². The normalized spacial score (nSPS) is 31.7. The summed E-state index contributed by atoms with van der Waals surface area (Å²) in [7, 11) is 0. The lowest BCUT2D eigenvalue weighted by atomic mass is 9.92. The van der Waals surface area contributed by atoms with Crippen molar-refractivity contribution in [3.05, 3.63) is 0 Å². The van der Waals surface area contributed by atoms with Crippen molar-refractivity contribution < 1.29 is 22.8 Å². The Morgan fingerprint density at radius 1 is 1.21 bits per heavy atom. The van der Waals surface area contributed by atoms with E-state index in [4.69, 9.17) is 0 Å². The highest BCUT2D eigenvalue weighted by Gasteiger charge is 2.41. The second-order valence-electron chi connectivity index (χ2n) is 7.31. The van der Waals surface area contributed by atoms with E-state index in [-0.39, 0.29) is 30.3 Å². The molecule has 1 N–H and O–H groups in total. The van der Waals surface area contributed by atoms with Gasteiger partial charge in [-0.1, -0.05) is 6.92 Å². The van der Waals surface area contributed by atoms with Gasteiger partial charge in [0.05, 0.1) is 6.04 Å². The van der Waals surface area contributed by atoms with Crippen LogP contribution < -0.4 is 5.32 Å². The van der Waals surface area contributed by atoms with Crippen molar-refractivity contribution in [1.82, 2.24) is 15.1 Å². The largest absolute Gasteiger partial charge is 0.406 e. The van der Waals surface area contributed by atoms with E-state index < -0.39 is 24.7 Å². The summed E-state index contributed by atoms with van der Waals surface area (Å²) in [6, 6.07) is -0.474. The molecule has 0 aromatic carbocycles. The second kappa shape index (κ2) is 6.54. The molecule has 0 spiro atoms. The number of rotatable bonds is 4. The zero-order chi connectivity index (χ0) is 17.5. The third kappa shape index (κ3) is 4.02. The van der Waals surface area contributed by atoms with Crippen LogP contribution in [0.5, 0.6) is 0 Å². The Balaban J connectivity index is 1.50. The number of carbonyl (C=O) groups is 2. The molecule has 3 rings (SSSR count). The molecule has 8 heteroatoms. The lowest BCUT2D eigenvalue weighted by Crippen LogP contribution is -2.54. The molecule has 3 fully saturated rings. The fraction of sp³-hybridized carbons (Fsp3) is 0.875. The predicted octanol–water partition coefficient (Wildman–Crippen LogP) is 1.39. The minimum Gasteiger partial charge on any atom is -0.342 e. The highest BCUT2D eigenvalue weighted by Crippen LogP contribution is 2.32. The molecule has 1 saturated carbocycles. The van der Waals surface area contributed by atoms with Gasteiger partial charge >= 0.3 is 6.18 Å². The first kappa shape index (κ1) is 17.5. The summed E-state index contributed by atoms with van der Waals surface area (Å²) in [6.45, 7) is 2.30. The number of piperidine rings is 1. The van der Waals surface area contributed by atoms with Crippen LogP contribution in [0.1, 0.15) is 32.6 Å². The third-order valence-corrected chi connectivity index (χ3v) is 5.23. The zero-order valence-corrected chi connectivity index (χ0v) is 13.8. The number of nitrogens with one attached hydrogen (secondary N) is 1. The maximum atomic E-state index is 12.5. The SMILES string of the molecule is C[C@@H]1CN(C(=O)C2CC2)CC[C@@H]1N[C@@H]1CCN(CC(F)(F)F)C1=O. The minimum absolute atomic E-state index is 0.0630. The van der Waals surface area contributed by atoms with E-state index in [1.807, 2.05) is 11.8 Å². The highest BCUT2D eigenvalue weighted by atomic mass is 19.4. The van der Waals surface area contributed by atoms with Crippen molar-refractivity contribution in [1.29, 1.82) is 0 Å². The lowest BCUT2D eigenvalue weighted by molar-refractivity contribution is -0.158. The summed E-state index contributed by atoms with van der Waals surface area (Å²) >= 11 is 0. The van der Waals surface area contributed by atoms with Gasteiger partial charge in [0, 0.05) is 31.6 Å². The van der Waals surface area contributed by atoms with Gasteiger partial charge in [-0.05, 0) is 31.6 Å². The quantitative estimate of drug-likeness (QED) is 0.836. The molecular formula is C16H24F3N3O2. The number of carbonyl (C=O) groups excluding carboxylic acids is 2. The van der Waals surface area contributed by atoms with Crippen molar-refractivity contribution in [3.8, 4) is 0 Å². The molecule has 0 bridgehead atoms. The Morgan fingerprint density at radius 3 is 2.50 bits per heavy atom. The van der Waals surface area contributed by atoms with Gasteiger partial charge in [0.2, 0.25) is 11.8 Å². The Hall–Kier alpha value is -1.31. The van der Waals surface area contributed by atoms with Crippen molar-refractivity contribution >= 4 is 11.8 Å². The van der Waals surface area contributed by atoms with Crippen LogP contribution in [0.25, 0.3) is 0 Å². The molecule has 0 unspecified atom stereocenters. The summed E-state index contributed by atoms with van der Waals surface area (Å²) in [5.74, 6) is 0.157. The van der Waals surface area contributed by atoms with Gasteiger partial charge in [-0.15, -0.1) is 0 Å². The number of hydrogen-bond donors (Lipinski definition) is 1. The van der Waals surface area contributed by atoms with Gasteiger partial charge < -0.3 is 15.1 Å². The standard InChI is InChI=1S/C16H24F3N3O2/c1-10-8-21(14(23)11-2-3-11)6-4-12(10)20-13-5-7-22(15(13)24)9-16(17,18)19/h10-13,20H,2-9H2,1H3/t10-,12+,13-/m1/s1.